The molecule has 1 heterocycles. The number of carboxylic acids is 1. The van der Waals surface area contributed by atoms with Crippen molar-refractivity contribution in [1.82, 2.24) is 25.9 Å². The molecule has 0 saturated carbocycles. The van der Waals surface area contributed by atoms with Gasteiger partial charge in [-0.15, -0.1) is 0 Å². The van der Waals surface area contributed by atoms with Crippen molar-refractivity contribution in [2.45, 2.75) is 52.5 Å². The number of guanidine groups is 1. The summed E-state index contributed by atoms with van der Waals surface area (Å²) in [7, 11) is 0. The van der Waals surface area contributed by atoms with Crippen molar-refractivity contribution >= 4 is 41.9 Å². The van der Waals surface area contributed by atoms with Gasteiger partial charge in [0.1, 0.15) is 12.6 Å². The minimum absolute atomic E-state index is 0.182. The van der Waals surface area contributed by atoms with E-state index in [1.807, 2.05) is 38.2 Å². The predicted molar refractivity (Wildman–Crippen MR) is 170 cm³/mol. The number of nitrogens with two attached hydrogens (primary N) is 4. The van der Waals surface area contributed by atoms with Crippen LogP contribution in [0.2, 0.25) is 0 Å². The van der Waals surface area contributed by atoms with Crippen LogP contribution >= 0.6 is 12.2 Å². The molecule has 1 atom stereocenters. The van der Waals surface area contributed by atoms with Crippen LogP contribution in [-0.2, 0) is 19.2 Å². The van der Waals surface area contributed by atoms with E-state index in [1.165, 1.54) is 5.56 Å². The Balaban J connectivity index is 0. The van der Waals surface area contributed by atoms with Crippen molar-refractivity contribution in [2.75, 3.05) is 32.7 Å². The van der Waals surface area contributed by atoms with Gasteiger partial charge in [0.15, 0.2) is 10.7 Å². The predicted octanol–water partition coefficient (Wildman–Crippen LogP) is -0.0786. The van der Waals surface area contributed by atoms with E-state index in [0.717, 1.165) is 18.7 Å². The third-order valence-corrected chi connectivity index (χ3v) is 5.05. The van der Waals surface area contributed by atoms with Crippen LogP contribution in [0.4, 0.5) is 0 Å². The van der Waals surface area contributed by atoms with E-state index in [2.05, 4.69) is 50.0 Å². The number of amides is 3. The fraction of sp³-hybridized carbons (Fsp3) is 0.481. The second-order valence-corrected chi connectivity index (χ2v) is 9.29. The van der Waals surface area contributed by atoms with Crippen molar-refractivity contribution < 1.29 is 24.3 Å². The van der Waals surface area contributed by atoms with Crippen LogP contribution in [0.5, 0.6) is 0 Å². The number of imidazole rings is 1. The molecule has 0 spiro atoms. The zero-order chi connectivity index (χ0) is 33.0. The highest BCUT2D eigenvalue weighted by Gasteiger charge is 2.20. The van der Waals surface area contributed by atoms with Gasteiger partial charge in [-0.3, -0.25) is 24.2 Å². The number of nitrogens with zero attached hydrogens (tertiary/aromatic N) is 1. The number of aryl methyl sites for hydroxylation is 2. The third-order valence-electron chi connectivity index (χ3n) is 4.83. The Hall–Kier alpha value is -4.28. The zero-order valence-corrected chi connectivity index (χ0v) is 26.0. The molecular weight excluding hydrogens is 576 g/mol. The molecule has 3 amide bonds. The van der Waals surface area contributed by atoms with E-state index in [4.69, 9.17) is 40.3 Å². The number of aliphatic imine (C=N–C) groups is 1. The molecule has 0 radical (unpaired) electrons. The fourth-order valence-corrected chi connectivity index (χ4v) is 2.96. The number of carbonyl (C=O) groups is 4. The van der Waals surface area contributed by atoms with Crippen molar-refractivity contribution in [2.24, 2.45) is 27.9 Å². The van der Waals surface area contributed by atoms with Crippen LogP contribution < -0.4 is 38.9 Å². The van der Waals surface area contributed by atoms with Crippen molar-refractivity contribution in [3.05, 3.63) is 52.6 Å². The summed E-state index contributed by atoms with van der Waals surface area (Å²) < 4.78 is 0.692. The molecule has 16 heteroatoms. The summed E-state index contributed by atoms with van der Waals surface area (Å²) in [4.78, 5) is 54.3. The number of carboxylic acid groups (broad SMARTS) is 1. The van der Waals surface area contributed by atoms with E-state index in [9.17, 15) is 19.2 Å². The second-order valence-electron chi connectivity index (χ2n) is 8.88. The van der Waals surface area contributed by atoms with Gasteiger partial charge in [0.2, 0.25) is 17.7 Å². The van der Waals surface area contributed by atoms with Crippen molar-refractivity contribution in [3.8, 4) is 0 Å². The lowest BCUT2D eigenvalue weighted by Crippen LogP contribution is -2.50. The molecule has 0 aliphatic carbocycles. The van der Waals surface area contributed by atoms with Crippen LogP contribution in [0.3, 0.4) is 0 Å². The molecule has 0 saturated heterocycles. The first-order valence-corrected chi connectivity index (χ1v) is 14.0. The Bertz CT molecular complexity index is 1130. The Kier molecular flexibility index (Phi) is 25.3. The number of rotatable bonds is 13. The van der Waals surface area contributed by atoms with Crippen LogP contribution in [-0.4, -0.2) is 83.5 Å². The Morgan fingerprint density at radius 3 is 2.02 bits per heavy atom. The lowest BCUT2D eigenvalue weighted by atomic mass is 10.1. The number of aliphatic carboxylic acids is 1. The van der Waals surface area contributed by atoms with Crippen LogP contribution in [0, 0.1) is 18.6 Å². The lowest BCUT2D eigenvalue weighted by Gasteiger charge is -2.18. The van der Waals surface area contributed by atoms with Crippen molar-refractivity contribution in [3.63, 3.8) is 0 Å². The summed E-state index contributed by atoms with van der Waals surface area (Å²) in [5, 5.41) is 15.4. The normalized spacial score (nSPS) is 10.1. The monoisotopic (exact) mass is 624 g/mol. The first kappa shape index (κ1) is 40.9. The Morgan fingerprint density at radius 1 is 1.00 bits per heavy atom. The molecule has 1 unspecified atom stereocenters. The summed E-state index contributed by atoms with van der Waals surface area (Å²) in [6.07, 6.45) is 4.42. The van der Waals surface area contributed by atoms with Gasteiger partial charge in [0.25, 0.3) is 0 Å². The van der Waals surface area contributed by atoms with Gasteiger partial charge in [-0.1, -0.05) is 42.8 Å². The molecule has 2 aromatic rings. The van der Waals surface area contributed by atoms with Gasteiger partial charge in [-0.25, -0.2) is 0 Å². The molecule has 43 heavy (non-hydrogen) atoms. The number of hydrogen-bond donors (Lipinski definition) is 10. The van der Waals surface area contributed by atoms with Gasteiger partial charge in [-0.2, -0.15) is 0 Å². The van der Waals surface area contributed by atoms with Gasteiger partial charge in [0.05, 0.1) is 13.1 Å². The van der Waals surface area contributed by atoms with E-state index < -0.39 is 36.3 Å². The fourth-order valence-electron chi connectivity index (χ4n) is 2.74. The maximum atomic E-state index is 11.8. The second kappa shape index (κ2) is 26.6. The standard InChI is InChI=1S/C12H23N5O5.C7H8.C4H11N3.C4H6N2S/c13-4-2-1-3-8(12(22)16-7-11(20)21)17-10(19)6-15-9(18)5-14;1-7-5-3-2-4-6-7;1-2-3-7-4(5)6;1-3-2-5-4(7)6-3/h8H,1-7,13-14H2,(H,15,18)(H,16,22)(H,17,19)(H,20,21);2-6H,1H3;2-3H2,1H3,(H4,5,6,7);2H,1H3,(H2,5,6,7). The SMILES string of the molecule is CCCN=C(N)N.Cc1c[nH]c(=S)[nH]1.Cc1ccccc1.NCCCCC(NC(=O)CNC(=O)CN)C(=O)NCC(=O)O. The van der Waals surface area contributed by atoms with Crippen LogP contribution in [0.15, 0.2) is 41.5 Å². The van der Waals surface area contributed by atoms with Gasteiger partial charge >= 0.3 is 5.97 Å². The smallest absolute Gasteiger partial charge is 0.322 e. The summed E-state index contributed by atoms with van der Waals surface area (Å²) in [5.74, 6) is -2.66. The van der Waals surface area contributed by atoms with Gasteiger partial charge < -0.3 is 54.0 Å². The zero-order valence-electron chi connectivity index (χ0n) is 25.2. The molecule has 0 bridgehead atoms. The van der Waals surface area contributed by atoms with E-state index >= 15 is 0 Å². The Labute approximate surface area is 257 Å². The van der Waals surface area contributed by atoms with E-state index in [1.54, 1.807) is 0 Å². The summed E-state index contributed by atoms with van der Waals surface area (Å²) >= 11 is 4.72. The number of H-pyrrole nitrogens is 2. The molecule has 1 aromatic heterocycles. The quantitative estimate of drug-likeness (QED) is 0.0612. The van der Waals surface area contributed by atoms with Gasteiger partial charge in [0, 0.05) is 18.4 Å². The summed E-state index contributed by atoms with van der Waals surface area (Å²) in [5.41, 5.74) is 22.9. The number of carbonyl (C=O) groups excluding carboxylic acids is 3. The largest absolute Gasteiger partial charge is 0.480 e. The highest BCUT2D eigenvalue weighted by atomic mass is 32.1. The molecule has 0 fully saturated rings. The number of nitrogens with one attached hydrogen (secondary N) is 5. The van der Waals surface area contributed by atoms with Crippen LogP contribution in [0.1, 0.15) is 43.9 Å². The molecule has 1 aromatic carbocycles. The molecule has 0 aliphatic rings. The number of benzene rings is 1. The van der Waals surface area contributed by atoms with E-state index in [0.29, 0.717) is 30.6 Å². The topological polar surface area (TPSA) is 273 Å². The summed E-state index contributed by atoms with van der Waals surface area (Å²) in [6.45, 7) is 6.15. The number of unbranched alkanes of at least 4 members (excludes halogenated alkanes) is 1. The minimum Gasteiger partial charge on any atom is -0.480 e. The Morgan fingerprint density at radius 2 is 1.65 bits per heavy atom. The van der Waals surface area contributed by atoms with Crippen molar-refractivity contribution in [1.29, 1.82) is 0 Å². The van der Waals surface area contributed by atoms with Crippen LogP contribution in [0.25, 0.3) is 0 Å². The molecule has 14 N–H and O–H groups in total. The average molecular weight is 625 g/mol. The number of aromatic amines is 2. The first-order chi connectivity index (χ1) is 20.4. The highest BCUT2D eigenvalue weighted by molar-refractivity contribution is 7.71. The maximum absolute atomic E-state index is 11.8. The minimum atomic E-state index is -1.18. The molecule has 15 nitrogen and oxygen atoms in total. The average Bonchev–Trinajstić information content (AvgIpc) is 3.36. The molecule has 242 valence electrons. The highest BCUT2D eigenvalue weighted by Crippen LogP contribution is 2.01. The first-order valence-electron chi connectivity index (χ1n) is 13.6. The third kappa shape index (κ3) is 27.7. The lowest BCUT2D eigenvalue weighted by molar-refractivity contribution is -0.138. The number of aromatic nitrogens is 2. The van der Waals surface area contributed by atoms with Gasteiger partial charge in [-0.05, 0) is 58.3 Å². The van der Waals surface area contributed by atoms with E-state index in [-0.39, 0.29) is 19.0 Å². The number of hydrogen-bond acceptors (Lipinski definition) is 8. The molecule has 0 aliphatic heterocycles. The molecule has 2 rings (SSSR count). The maximum Gasteiger partial charge on any atom is 0.322 e. The summed E-state index contributed by atoms with van der Waals surface area (Å²) in [6, 6.07) is 9.38. The molecular formula is C27H48N10O5S.